The van der Waals surface area contributed by atoms with E-state index in [0.717, 1.165) is 18.4 Å². The van der Waals surface area contributed by atoms with Gasteiger partial charge in [-0.1, -0.05) is 29.8 Å². The number of fused-ring (bicyclic) bond motifs is 2. The topological polar surface area (TPSA) is 20.3 Å². The molecule has 2 saturated heterocycles. The van der Waals surface area contributed by atoms with Crippen LogP contribution < -0.4 is 0 Å². The number of hydrogen-bond donors (Lipinski definition) is 0. The Morgan fingerprint density at radius 3 is 2.53 bits per heavy atom. The van der Waals surface area contributed by atoms with E-state index in [4.69, 9.17) is 11.6 Å². The van der Waals surface area contributed by atoms with Gasteiger partial charge in [0.25, 0.3) is 0 Å². The van der Waals surface area contributed by atoms with Crippen molar-refractivity contribution in [1.29, 1.82) is 0 Å². The van der Waals surface area contributed by atoms with Crippen molar-refractivity contribution >= 4 is 17.4 Å². The summed E-state index contributed by atoms with van der Waals surface area (Å²) in [6, 6.07) is 8.93. The molecule has 2 bridgehead atoms. The lowest BCUT2D eigenvalue weighted by atomic mass is 9.85. The number of nitrogens with zero attached hydrogens (tertiary/aromatic N) is 1. The van der Waals surface area contributed by atoms with Crippen LogP contribution in [0.3, 0.4) is 0 Å². The molecule has 0 amide bonds. The number of rotatable bonds is 3. The second-order valence-electron chi connectivity index (χ2n) is 5.95. The first-order valence-electron chi connectivity index (χ1n) is 7.13. The van der Waals surface area contributed by atoms with Crippen LogP contribution in [-0.4, -0.2) is 29.8 Å². The third kappa shape index (κ3) is 2.56. The summed E-state index contributed by atoms with van der Waals surface area (Å²) in [7, 11) is 2.21. The standard InChI is InChI=1S/C16H20ClNO/c1-18-13-6-7-14(18)9-12(8-13)16(19)10-11-4-2-3-5-15(11)17/h2-5,12-14H,6-10H2,1H3. The Morgan fingerprint density at radius 1 is 1.26 bits per heavy atom. The van der Waals surface area contributed by atoms with Gasteiger partial charge in [-0.15, -0.1) is 0 Å². The molecule has 0 saturated carbocycles. The lowest BCUT2D eigenvalue weighted by Gasteiger charge is -2.35. The molecule has 2 atom stereocenters. The highest BCUT2D eigenvalue weighted by molar-refractivity contribution is 6.31. The zero-order valence-electron chi connectivity index (χ0n) is 11.3. The highest BCUT2D eigenvalue weighted by Gasteiger charge is 2.40. The van der Waals surface area contributed by atoms with E-state index in [0.29, 0.717) is 29.3 Å². The van der Waals surface area contributed by atoms with E-state index in [1.54, 1.807) is 0 Å². The minimum atomic E-state index is 0.241. The van der Waals surface area contributed by atoms with Crippen molar-refractivity contribution in [1.82, 2.24) is 4.90 Å². The van der Waals surface area contributed by atoms with Crippen LogP contribution in [0.1, 0.15) is 31.2 Å². The molecule has 1 aromatic carbocycles. The molecule has 2 unspecified atom stereocenters. The van der Waals surface area contributed by atoms with Crippen LogP contribution in [0.15, 0.2) is 24.3 Å². The smallest absolute Gasteiger partial charge is 0.140 e. The Labute approximate surface area is 119 Å². The molecule has 2 fully saturated rings. The molecule has 0 N–H and O–H groups in total. The quantitative estimate of drug-likeness (QED) is 0.845. The highest BCUT2D eigenvalue weighted by atomic mass is 35.5. The van der Waals surface area contributed by atoms with Crippen molar-refractivity contribution in [2.45, 2.75) is 44.2 Å². The van der Waals surface area contributed by atoms with Gasteiger partial charge in [0.05, 0.1) is 0 Å². The predicted octanol–water partition coefficient (Wildman–Crippen LogP) is 3.32. The van der Waals surface area contributed by atoms with Gasteiger partial charge in [-0.25, -0.2) is 0 Å². The minimum absolute atomic E-state index is 0.241. The van der Waals surface area contributed by atoms with Crippen molar-refractivity contribution in [3.05, 3.63) is 34.9 Å². The largest absolute Gasteiger partial charge is 0.300 e. The summed E-state index contributed by atoms with van der Waals surface area (Å²) in [6.45, 7) is 0. The second kappa shape index (κ2) is 5.26. The molecule has 3 heteroatoms. The average Bonchev–Trinajstić information content (AvgIpc) is 2.64. The SMILES string of the molecule is CN1C2CCC1CC(C(=O)Cc1ccccc1Cl)C2. The number of carbonyl (C=O) groups excluding carboxylic acids is 1. The van der Waals surface area contributed by atoms with Crippen LogP contribution in [0, 0.1) is 5.92 Å². The van der Waals surface area contributed by atoms with Crippen LogP contribution in [0.4, 0.5) is 0 Å². The van der Waals surface area contributed by atoms with E-state index in [1.165, 1.54) is 12.8 Å². The second-order valence-corrected chi connectivity index (χ2v) is 6.36. The zero-order chi connectivity index (χ0) is 13.4. The van der Waals surface area contributed by atoms with E-state index in [1.807, 2.05) is 24.3 Å². The van der Waals surface area contributed by atoms with Gasteiger partial charge < -0.3 is 4.90 Å². The average molecular weight is 278 g/mol. The fraction of sp³-hybridized carbons (Fsp3) is 0.562. The third-order valence-electron chi connectivity index (χ3n) is 4.88. The van der Waals surface area contributed by atoms with Gasteiger partial charge in [0.1, 0.15) is 5.78 Å². The molecule has 0 aliphatic carbocycles. The molecule has 2 aliphatic rings. The molecule has 19 heavy (non-hydrogen) atoms. The lowest BCUT2D eigenvalue weighted by molar-refractivity contribution is -0.124. The van der Waals surface area contributed by atoms with Crippen molar-refractivity contribution in [2.75, 3.05) is 7.05 Å². The van der Waals surface area contributed by atoms with Crippen LogP contribution >= 0.6 is 11.6 Å². The number of piperidine rings is 1. The molecule has 2 heterocycles. The fourth-order valence-electron chi connectivity index (χ4n) is 3.65. The van der Waals surface area contributed by atoms with E-state index in [2.05, 4.69) is 11.9 Å². The maximum atomic E-state index is 12.5. The summed E-state index contributed by atoms with van der Waals surface area (Å²) in [4.78, 5) is 14.9. The normalized spacial score (nSPS) is 30.5. The Kier molecular flexibility index (Phi) is 3.64. The number of benzene rings is 1. The maximum absolute atomic E-state index is 12.5. The number of halogens is 1. The molecule has 2 nitrogen and oxygen atoms in total. The van der Waals surface area contributed by atoms with Crippen LogP contribution in [-0.2, 0) is 11.2 Å². The van der Waals surface area contributed by atoms with Crippen molar-refractivity contribution in [2.24, 2.45) is 5.92 Å². The van der Waals surface area contributed by atoms with Crippen LogP contribution in [0.2, 0.25) is 5.02 Å². The molecule has 2 aliphatic heterocycles. The molecule has 1 aromatic rings. The summed E-state index contributed by atoms with van der Waals surface area (Å²) in [5.41, 5.74) is 0.973. The first-order valence-corrected chi connectivity index (χ1v) is 7.51. The van der Waals surface area contributed by atoms with Crippen LogP contribution in [0.25, 0.3) is 0 Å². The first kappa shape index (κ1) is 13.1. The van der Waals surface area contributed by atoms with Gasteiger partial charge >= 0.3 is 0 Å². The monoisotopic (exact) mass is 277 g/mol. The van der Waals surface area contributed by atoms with E-state index < -0.39 is 0 Å². The molecular formula is C16H20ClNO. The van der Waals surface area contributed by atoms with Gasteiger partial charge in [0.15, 0.2) is 0 Å². The van der Waals surface area contributed by atoms with Crippen molar-refractivity contribution < 1.29 is 4.79 Å². The number of carbonyl (C=O) groups is 1. The van der Waals surface area contributed by atoms with E-state index in [-0.39, 0.29) is 5.92 Å². The van der Waals surface area contributed by atoms with Gasteiger partial charge in [-0.05, 0) is 44.4 Å². The van der Waals surface area contributed by atoms with E-state index >= 15 is 0 Å². The molecule has 0 aromatic heterocycles. The number of ketones is 1. The summed E-state index contributed by atoms with van der Waals surface area (Å²) in [5, 5.41) is 0.715. The van der Waals surface area contributed by atoms with Crippen LogP contribution in [0.5, 0.6) is 0 Å². The van der Waals surface area contributed by atoms with E-state index in [9.17, 15) is 4.79 Å². The Bertz CT molecular complexity index is 473. The highest BCUT2D eigenvalue weighted by Crippen LogP contribution is 2.38. The van der Waals surface area contributed by atoms with Crippen molar-refractivity contribution in [3.63, 3.8) is 0 Å². The molecular weight excluding hydrogens is 258 g/mol. The molecule has 3 rings (SSSR count). The summed E-state index contributed by atoms with van der Waals surface area (Å²) < 4.78 is 0. The number of Topliss-reactive ketones (excluding diaryl/α,β-unsaturated/α-hetero) is 1. The predicted molar refractivity (Wildman–Crippen MR) is 77.5 cm³/mol. The van der Waals surface area contributed by atoms with Gasteiger partial charge in [0.2, 0.25) is 0 Å². The zero-order valence-corrected chi connectivity index (χ0v) is 12.1. The van der Waals surface area contributed by atoms with Gasteiger partial charge in [-0.2, -0.15) is 0 Å². The van der Waals surface area contributed by atoms with Crippen molar-refractivity contribution in [3.8, 4) is 0 Å². The number of hydrogen-bond acceptors (Lipinski definition) is 2. The Hall–Kier alpha value is -0.860. The Morgan fingerprint density at radius 2 is 1.89 bits per heavy atom. The minimum Gasteiger partial charge on any atom is -0.300 e. The Balaban J connectivity index is 1.67. The molecule has 0 spiro atoms. The van der Waals surface area contributed by atoms with Gasteiger partial charge in [-0.3, -0.25) is 4.79 Å². The van der Waals surface area contributed by atoms with Gasteiger partial charge in [0, 0.05) is 29.4 Å². The summed E-state index contributed by atoms with van der Waals surface area (Å²) >= 11 is 6.14. The fourth-order valence-corrected chi connectivity index (χ4v) is 3.85. The molecule has 102 valence electrons. The summed E-state index contributed by atoms with van der Waals surface area (Å²) in [5.74, 6) is 0.614. The lowest BCUT2D eigenvalue weighted by Crippen LogP contribution is -2.42. The molecule has 0 radical (unpaired) electrons. The summed E-state index contributed by atoms with van der Waals surface area (Å²) in [6.07, 6.45) is 5.09. The third-order valence-corrected chi connectivity index (χ3v) is 5.24. The maximum Gasteiger partial charge on any atom is 0.140 e. The first-order chi connectivity index (χ1) is 9.15.